The van der Waals surface area contributed by atoms with Crippen LogP contribution in [0.1, 0.15) is 25.7 Å². The maximum Gasteiger partial charge on any atom is 0.220 e. The lowest BCUT2D eigenvalue weighted by Gasteiger charge is -2.21. The number of amides is 1. The minimum Gasteiger partial charge on any atom is -0.386 e. The van der Waals surface area contributed by atoms with Crippen molar-refractivity contribution in [3.8, 4) is 0 Å². The molecule has 2 aliphatic rings. The zero-order valence-corrected chi connectivity index (χ0v) is 9.45. The summed E-state index contributed by atoms with van der Waals surface area (Å²) in [5.74, 6) is 0.409. The van der Waals surface area contributed by atoms with Crippen LogP contribution >= 0.6 is 0 Å². The van der Waals surface area contributed by atoms with Crippen LogP contribution in [0.4, 0.5) is 0 Å². The van der Waals surface area contributed by atoms with Gasteiger partial charge in [0.15, 0.2) is 0 Å². The van der Waals surface area contributed by atoms with E-state index in [4.69, 9.17) is 4.74 Å². The van der Waals surface area contributed by atoms with E-state index in [0.29, 0.717) is 38.5 Å². The Morgan fingerprint density at radius 1 is 1.62 bits per heavy atom. The summed E-state index contributed by atoms with van der Waals surface area (Å²) >= 11 is 0. The average molecular weight is 225 g/mol. The van der Waals surface area contributed by atoms with Crippen LogP contribution in [0.2, 0.25) is 0 Å². The van der Waals surface area contributed by atoms with Gasteiger partial charge in [-0.2, -0.15) is 0 Å². The van der Waals surface area contributed by atoms with E-state index in [1.54, 1.807) is 0 Å². The molecule has 2 rings (SSSR count). The van der Waals surface area contributed by atoms with Gasteiger partial charge in [-0.25, -0.2) is 0 Å². The van der Waals surface area contributed by atoms with Gasteiger partial charge in [0.1, 0.15) is 5.60 Å². The minimum atomic E-state index is -0.846. The molecule has 2 N–H and O–H groups in total. The number of hydrogen-bond acceptors (Lipinski definition) is 3. The average Bonchev–Trinajstić information content (AvgIpc) is 2.88. The molecule has 0 aromatic carbocycles. The first kappa shape index (κ1) is 11.6. The Labute approximate surface area is 95.7 Å². The summed E-state index contributed by atoms with van der Waals surface area (Å²) in [6.07, 6.45) is 7.52. The number of nitrogens with one attached hydrogen (secondary N) is 1. The van der Waals surface area contributed by atoms with Crippen LogP contribution in [0.25, 0.3) is 0 Å². The van der Waals surface area contributed by atoms with Crippen molar-refractivity contribution in [2.24, 2.45) is 5.92 Å². The van der Waals surface area contributed by atoms with E-state index in [1.165, 1.54) is 0 Å². The molecule has 2 atom stereocenters. The van der Waals surface area contributed by atoms with Crippen LogP contribution in [0.5, 0.6) is 0 Å². The number of rotatable bonds is 4. The quantitative estimate of drug-likeness (QED) is 0.689. The predicted octanol–water partition coefficient (Wildman–Crippen LogP) is 0.610. The monoisotopic (exact) mass is 225 g/mol. The second-order valence-electron chi connectivity index (χ2n) is 4.77. The molecule has 1 aliphatic carbocycles. The molecule has 4 heteroatoms. The molecule has 1 fully saturated rings. The van der Waals surface area contributed by atoms with Crippen molar-refractivity contribution in [2.75, 3.05) is 19.8 Å². The molecular formula is C12H19NO3. The van der Waals surface area contributed by atoms with Gasteiger partial charge >= 0.3 is 0 Å². The van der Waals surface area contributed by atoms with Crippen molar-refractivity contribution in [3.63, 3.8) is 0 Å². The van der Waals surface area contributed by atoms with Gasteiger partial charge in [0.05, 0.1) is 6.61 Å². The number of carbonyl (C=O) groups is 1. The summed E-state index contributed by atoms with van der Waals surface area (Å²) < 4.78 is 5.11. The third-order valence-corrected chi connectivity index (χ3v) is 3.26. The number of carbonyl (C=O) groups excluding carboxylic acids is 1. The lowest BCUT2D eigenvalue weighted by molar-refractivity contribution is -0.123. The largest absolute Gasteiger partial charge is 0.386 e. The molecule has 0 unspecified atom stereocenters. The Kier molecular flexibility index (Phi) is 3.61. The summed E-state index contributed by atoms with van der Waals surface area (Å²) in [5, 5.41) is 12.7. The summed E-state index contributed by atoms with van der Waals surface area (Å²) in [6, 6.07) is 0. The lowest BCUT2D eigenvalue weighted by Crippen LogP contribution is -2.43. The van der Waals surface area contributed by atoms with Gasteiger partial charge in [-0.1, -0.05) is 12.2 Å². The Hall–Kier alpha value is -0.870. The minimum absolute atomic E-state index is 0.0249. The van der Waals surface area contributed by atoms with E-state index >= 15 is 0 Å². The first-order chi connectivity index (χ1) is 7.68. The molecule has 90 valence electrons. The van der Waals surface area contributed by atoms with Crippen molar-refractivity contribution in [1.82, 2.24) is 5.32 Å². The molecule has 0 aromatic heterocycles. The van der Waals surface area contributed by atoms with Gasteiger partial charge in [-0.15, -0.1) is 0 Å². The Bertz CT molecular complexity index is 282. The molecule has 1 heterocycles. The highest BCUT2D eigenvalue weighted by Gasteiger charge is 2.32. The highest BCUT2D eigenvalue weighted by atomic mass is 16.5. The smallest absolute Gasteiger partial charge is 0.220 e. The number of allylic oxidation sites excluding steroid dienone is 2. The Morgan fingerprint density at radius 3 is 3.12 bits per heavy atom. The van der Waals surface area contributed by atoms with Gasteiger partial charge < -0.3 is 15.2 Å². The van der Waals surface area contributed by atoms with Crippen molar-refractivity contribution in [3.05, 3.63) is 12.2 Å². The van der Waals surface area contributed by atoms with E-state index in [9.17, 15) is 9.90 Å². The number of hydrogen-bond donors (Lipinski definition) is 2. The summed E-state index contributed by atoms with van der Waals surface area (Å²) in [6.45, 7) is 1.22. The maximum atomic E-state index is 11.6. The van der Waals surface area contributed by atoms with Crippen molar-refractivity contribution < 1.29 is 14.6 Å². The second-order valence-corrected chi connectivity index (χ2v) is 4.77. The van der Waals surface area contributed by atoms with Crippen LogP contribution < -0.4 is 5.32 Å². The highest BCUT2D eigenvalue weighted by molar-refractivity contribution is 5.76. The van der Waals surface area contributed by atoms with Crippen LogP contribution in [0.15, 0.2) is 12.2 Å². The van der Waals surface area contributed by atoms with Crippen LogP contribution in [-0.4, -0.2) is 36.4 Å². The van der Waals surface area contributed by atoms with Gasteiger partial charge in [0.2, 0.25) is 5.91 Å². The first-order valence-corrected chi connectivity index (χ1v) is 5.91. The normalized spacial score (nSPS) is 33.2. The van der Waals surface area contributed by atoms with E-state index < -0.39 is 5.60 Å². The fourth-order valence-corrected chi connectivity index (χ4v) is 2.17. The van der Waals surface area contributed by atoms with Gasteiger partial charge in [-0.3, -0.25) is 4.79 Å². The zero-order valence-electron chi connectivity index (χ0n) is 9.45. The fourth-order valence-electron chi connectivity index (χ4n) is 2.17. The maximum absolute atomic E-state index is 11.6. The van der Waals surface area contributed by atoms with Gasteiger partial charge in [-0.05, 0) is 18.8 Å². The molecule has 4 nitrogen and oxygen atoms in total. The highest BCUT2D eigenvalue weighted by Crippen LogP contribution is 2.20. The lowest BCUT2D eigenvalue weighted by atomic mass is 10.0. The van der Waals surface area contributed by atoms with E-state index in [-0.39, 0.29) is 5.91 Å². The SMILES string of the molecule is O=C(C[C@H]1C=CCC1)NC[C@]1(O)CCOC1. The summed E-state index contributed by atoms with van der Waals surface area (Å²) in [7, 11) is 0. The molecule has 1 aliphatic heterocycles. The number of aliphatic hydroxyl groups is 1. The van der Waals surface area contributed by atoms with E-state index in [1.807, 2.05) is 0 Å². The van der Waals surface area contributed by atoms with Crippen molar-refractivity contribution >= 4 is 5.91 Å². The third kappa shape index (κ3) is 3.06. The van der Waals surface area contributed by atoms with E-state index in [2.05, 4.69) is 17.5 Å². The predicted molar refractivity (Wildman–Crippen MR) is 59.9 cm³/mol. The Balaban J connectivity index is 1.68. The molecule has 0 spiro atoms. The zero-order chi connectivity index (χ0) is 11.4. The van der Waals surface area contributed by atoms with Gasteiger partial charge in [0.25, 0.3) is 0 Å². The standard InChI is InChI=1S/C12H19NO3/c14-11(7-10-3-1-2-4-10)13-8-12(15)5-6-16-9-12/h1,3,10,15H,2,4-9H2,(H,13,14)/t10-,12+/m0/s1. The van der Waals surface area contributed by atoms with Gasteiger partial charge in [0, 0.05) is 26.0 Å². The fraction of sp³-hybridized carbons (Fsp3) is 0.750. The Morgan fingerprint density at radius 2 is 2.50 bits per heavy atom. The van der Waals surface area contributed by atoms with Crippen molar-refractivity contribution in [1.29, 1.82) is 0 Å². The molecular weight excluding hydrogens is 206 g/mol. The van der Waals surface area contributed by atoms with Crippen molar-refractivity contribution in [2.45, 2.75) is 31.3 Å². The first-order valence-electron chi connectivity index (χ1n) is 5.91. The third-order valence-electron chi connectivity index (χ3n) is 3.26. The summed E-state index contributed by atoms with van der Waals surface area (Å²) in [4.78, 5) is 11.6. The molecule has 0 bridgehead atoms. The topological polar surface area (TPSA) is 58.6 Å². The van der Waals surface area contributed by atoms with Crippen LogP contribution in [0.3, 0.4) is 0 Å². The molecule has 1 amide bonds. The molecule has 16 heavy (non-hydrogen) atoms. The second kappa shape index (κ2) is 4.97. The van der Waals surface area contributed by atoms with E-state index in [0.717, 1.165) is 12.8 Å². The molecule has 0 radical (unpaired) electrons. The molecule has 0 aromatic rings. The van der Waals surface area contributed by atoms with Crippen LogP contribution in [0, 0.1) is 5.92 Å². The molecule has 1 saturated heterocycles. The molecule has 0 saturated carbocycles. The summed E-state index contributed by atoms with van der Waals surface area (Å²) in [5.41, 5.74) is -0.846. The van der Waals surface area contributed by atoms with Crippen LogP contribution in [-0.2, 0) is 9.53 Å². The number of ether oxygens (including phenoxy) is 1.